The molecule has 0 saturated carbocycles. The fourth-order valence-electron chi connectivity index (χ4n) is 1.12. The van der Waals surface area contributed by atoms with Crippen LogP contribution < -0.4 is 5.32 Å². The van der Waals surface area contributed by atoms with E-state index < -0.39 is 0 Å². The summed E-state index contributed by atoms with van der Waals surface area (Å²) in [4.78, 5) is 0. The Morgan fingerprint density at radius 1 is 1.67 bits per heavy atom. The molecule has 0 radical (unpaired) electrons. The van der Waals surface area contributed by atoms with Gasteiger partial charge in [0.05, 0.1) is 25.4 Å². The van der Waals surface area contributed by atoms with E-state index in [0.717, 1.165) is 32.7 Å². The Kier molecular flexibility index (Phi) is 4.58. The van der Waals surface area contributed by atoms with Crippen LogP contribution in [0.25, 0.3) is 0 Å². The van der Waals surface area contributed by atoms with Crippen LogP contribution in [0, 0.1) is 0 Å². The van der Waals surface area contributed by atoms with Gasteiger partial charge in [-0.2, -0.15) is 0 Å². The average molecular weight is 173 g/mol. The van der Waals surface area contributed by atoms with E-state index >= 15 is 0 Å². The SMILES string of the molecule is CCC(C)OCC1CNCCO1. The van der Waals surface area contributed by atoms with Crippen molar-refractivity contribution in [3.63, 3.8) is 0 Å². The third-order valence-electron chi connectivity index (χ3n) is 2.15. The molecular weight excluding hydrogens is 154 g/mol. The van der Waals surface area contributed by atoms with Crippen molar-refractivity contribution in [2.24, 2.45) is 0 Å². The van der Waals surface area contributed by atoms with Crippen LogP contribution in [0.15, 0.2) is 0 Å². The topological polar surface area (TPSA) is 30.5 Å². The maximum Gasteiger partial charge on any atom is 0.0933 e. The van der Waals surface area contributed by atoms with E-state index in [4.69, 9.17) is 9.47 Å². The zero-order valence-corrected chi connectivity index (χ0v) is 8.01. The first-order valence-electron chi connectivity index (χ1n) is 4.77. The predicted octanol–water partition coefficient (Wildman–Crippen LogP) is 0.790. The van der Waals surface area contributed by atoms with Crippen molar-refractivity contribution in [1.29, 1.82) is 0 Å². The minimum Gasteiger partial charge on any atom is -0.376 e. The summed E-state index contributed by atoms with van der Waals surface area (Å²) in [6, 6.07) is 0. The minimum absolute atomic E-state index is 0.257. The first-order chi connectivity index (χ1) is 5.83. The fraction of sp³-hybridized carbons (Fsp3) is 1.00. The molecular formula is C9H19NO2. The number of hydrogen-bond donors (Lipinski definition) is 1. The first kappa shape index (κ1) is 9.96. The van der Waals surface area contributed by atoms with Crippen molar-refractivity contribution in [2.45, 2.75) is 32.5 Å². The standard InChI is InChI=1S/C9H19NO2/c1-3-8(2)12-7-9-6-10-4-5-11-9/h8-10H,3-7H2,1-2H3. The van der Waals surface area contributed by atoms with Gasteiger partial charge < -0.3 is 14.8 Å². The lowest BCUT2D eigenvalue weighted by molar-refractivity contribution is -0.0516. The van der Waals surface area contributed by atoms with E-state index in [1.165, 1.54) is 0 Å². The summed E-state index contributed by atoms with van der Waals surface area (Å²) in [5.41, 5.74) is 0. The van der Waals surface area contributed by atoms with E-state index in [1.54, 1.807) is 0 Å². The largest absolute Gasteiger partial charge is 0.376 e. The number of hydrogen-bond acceptors (Lipinski definition) is 3. The van der Waals surface area contributed by atoms with Crippen LogP contribution >= 0.6 is 0 Å². The molecule has 0 amide bonds. The molecule has 3 heteroatoms. The second-order valence-electron chi connectivity index (χ2n) is 3.25. The van der Waals surface area contributed by atoms with Gasteiger partial charge in [0.15, 0.2) is 0 Å². The molecule has 2 unspecified atom stereocenters. The Hall–Kier alpha value is -0.120. The van der Waals surface area contributed by atoms with Crippen LogP contribution in [-0.4, -0.2) is 38.5 Å². The lowest BCUT2D eigenvalue weighted by Crippen LogP contribution is -2.41. The van der Waals surface area contributed by atoms with Crippen molar-refractivity contribution in [2.75, 3.05) is 26.3 Å². The molecule has 1 aliphatic heterocycles. The summed E-state index contributed by atoms with van der Waals surface area (Å²) >= 11 is 0. The maximum atomic E-state index is 5.57. The van der Waals surface area contributed by atoms with Crippen molar-refractivity contribution < 1.29 is 9.47 Å². The lowest BCUT2D eigenvalue weighted by atomic mass is 10.3. The van der Waals surface area contributed by atoms with Crippen molar-refractivity contribution in [3.05, 3.63) is 0 Å². The second kappa shape index (κ2) is 5.51. The molecule has 1 rings (SSSR count). The Labute approximate surface area is 74.4 Å². The third kappa shape index (κ3) is 3.52. The predicted molar refractivity (Wildman–Crippen MR) is 48.3 cm³/mol. The molecule has 72 valence electrons. The molecule has 0 bridgehead atoms. The molecule has 2 atom stereocenters. The zero-order valence-electron chi connectivity index (χ0n) is 8.01. The summed E-state index contributed by atoms with van der Waals surface area (Å²) < 4.78 is 11.1. The number of ether oxygens (including phenoxy) is 2. The van der Waals surface area contributed by atoms with Crippen LogP contribution in [0.3, 0.4) is 0 Å². The van der Waals surface area contributed by atoms with Gasteiger partial charge >= 0.3 is 0 Å². The Morgan fingerprint density at radius 3 is 3.08 bits per heavy atom. The van der Waals surface area contributed by atoms with Crippen LogP contribution in [0.4, 0.5) is 0 Å². The van der Waals surface area contributed by atoms with Crippen LogP contribution in [0.2, 0.25) is 0 Å². The highest BCUT2D eigenvalue weighted by Crippen LogP contribution is 2.01. The molecule has 1 saturated heterocycles. The highest BCUT2D eigenvalue weighted by atomic mass is 16.5. The molecule has 1 aliphatic rings. The maximum absolute atomic E-state index is 5.57. The molecule has 0 aromatic rings. The van der Waals surface area contributed by atoms with Crippen LogP contribution in [-0.2, 0) is 9.47 Å². The van der Waals surface area contributed by atoms with Crippen molar-refractivity contribution in [3.8, 4) is 0 Å². The number of nitrogens with one attached hydrogen (secondary N) is 1. The molecule has 0 aromatic carbocycles. The smallest absolute Gasteiger partial charge is 0.0933 e. The normalized spacial score (nSPS) is 27.0. The van der Waals surface area contributed by atoms with Gasteiger partial charge in [-0.25, -0.2) is 0 Å². The monoisotopic (exact) mass is 173 g/mol. The van der Waals surface area contributed by atoms with Crippen molar-refractivity contribution in [1.82, 2.24) is 5.32 Å². The number of morpholine rings is 1. The molecule has 1 fully saturated rings. The average Bonchev–Trinajstić information content (AvgIpc) is 2.16. The molecule has 3 nitrogen and oxygen atoms in total. The Morgan fingerprint density at radius 2 is 2.50 bits per heavy atom. The van der Waals surface area contributed by atoms with Gasteiger partial charge in [0, 0.05) is 13.1 Å². The van der Waals surface area contributed by atoms with Gasteiger partial charge in [0.1, 0.15) is 0 Å². The summed E-state index contributed by atoms with van der Waals surface area (Å²) in [6.45, 7) is 7.66. The van der Waals surface area contributed by atoms with Crippen LogP contribution in [0.5, 0.6) is 0 Å². The van der Waals surface area contributed by atoms with Gasteiger partial charge in [0.2, 0.25) is 0 Å². The lowest BCUT2D eigenvalue weighted by Gasteiger charge is -2.24. The highest BCUT2D eigenvalue weighted by Gasteiger charge is 2.13. The van der Waals surface area contributed by atoms with Gasteiger partial charge in [0.25, 0.3) is 0 Å². The van der Waals surface area contributed by atoms with E-state index in [1.807, 2.05) is 0 Å². The van der Waals surface area contributed by atoms with Crippen LogP contribution in [0.1, 0.15) is 20.3 Å². The molecule has 1 N–H and O–H groups in total. The molecule has 0 aliphatic carbocycles. The molecule has 0 aromatic heterocycles. The summed E-state index contributed by atoms with van der Waals surface area (Å²) in [5.74, 6) is 0. The van der Waals surface area contributed by atoms with Gasteiger partial charge in [-0.3, -0.25) is 0 Å². The fourth-order valence-corrected chi connectivity index (χ4v) is 1.12. The van der Waals surface area contributed by atoms with E-state index in [-0.39, 0.29) is 6.10 Å². The van der Waals surface area contributed by atoms with E-state index in [0.29, 0.717) is 6.10 Å². The van der Waals surface area contributed by atoms with Gasteiger partial charge in [-0.05, 0) is 13.3 Å². The highest BCUT2D eigenvalue weighted by molar-refractivity contribution is 4.66. The quantitative estimate of drug-likeness (QED) is 0.682. The van der Waals surface area contributed by atoms with Gasteiger partial charge in [-0.15, -0.1) is 0 Å². The Bertz CT molecular complexity index is 113. The first-order valence-corrected chi connectivity index (χ1v) is 4.77. The summed E-state index contributed by atoms with van der Waals surface area (Å²) in [6.07, 6.45) is 1.68. The third-order valence-corrected chi connectivity index (χ3v) is 2.15. The zero-order chi connectivity index (χ0) is 8.81. The van der Waals surface area contributed by atoms with E-state index in [9.17, 15) is 0 Å². The molecule has 0 spiro atoms. The molecule has 1 heterocycles. The number of rotatable bonds is 4. The Balaban J connectivity index is 2.05. The summed E-state index contributed by atoms with van der Waals surface area (Å²) in [7, 11) is 0. The van der Waals surface area contributed by atoms with E-state index in [2.05, 4.69) is 19.2 Å². The second-order valence-corrected chi connectivity index (χ2v) is 3.25. The molecule has 12 heavy (non-hydrogen) atoms. The summed E-state index contributed by atoms with van der Waals surface area (Å²) in [5, 5.41) is 3.27. The van der Waals surface area contributed by atoms with Gasteiger partial charge in [-0.1, -0.05) is 6.92 Å². The van der Waals surface area contributed by atoms with Crippen molar-refractivity contribution >= 4 is 0 Å². The minimum atomic E-state index is 0.257.